The second-order valence-corrected chi connectivity index (χ2v) is 5.99. The highest BCUT2D eigenvalue weighted by Crippen LogP contribution is 2.29. The van der Waals surface area contributed by atoms with E-state index in [2.05, 4.69) is 11.4 Å². The summed E-state index contributed by atoms with van der Waals surface area (Å²) in [6.07, 6.45) is 2.83. The van der Waals surface area contributed by atoms with Gasteiger partial charge in [0.15, 0.2) is 6.61 Å². The molecule has 0 fully saturated rings. The number of hydrogen-bond acceptors (Lipinski definition) is 5. The van der Waals surface area contributed by atoms with Gasteiger partial charge in [0.1, 0.15) is 17.1 Å². The van der Waals surface area contributed by atoms with E-state index in [9.17, 15) is 19.8 Å². The Hall–Kier alpha value is -3.02. The van der Waals surface area contributed by atoms with Crippen LogP contribution in [0.4, 0.5) is 0 Å². The molecule has 1 amide bonds. The number of carbonyl (C=O) groups is 2. The number of esters is 1. The van der Waals surface area contributed by atoms with E-state index in [1.807, 2.05) is 18.2 Å². The van der Waals surface area contributed by atoms with Gasteiger partial charge in [-0.3, -0.25) is 4.79 Å². The summed E-state index contributed by atoms with van der Waals surface area (Å²) in [6, 6.07) is 11.4. The summed E-state index contributed by atoms with van der Waals surface area (Å²) >= 11 is 0. The zero-order valence-electron chi connectivity index (χ0n) is 13.6. The molecule has 130 valence electrons. The highest BCUT2D eigenvalue weighted by molar-refractivity contribution is 5.94. The van der Waals surface area contributed by atoms with Crippen molar-refractivity contribution in [3.63, 3.8) is 0 Å². The topological polar surface area (TPSA) is 95.9 Å². The second kappa shape index (κ2) is 7.25. The van der Waals surface area contributed by atoms with E-state index in [-0.39, 0.29) is 17.4 Å². The summed E-state index contributed by atoms with van der Waals surface area (Å²) in [5, 5.41) is 21.7. The zero-order chi connectivity index (χ0) is 17.8. The molecular weight excluding hydrogens is 322 g/mol. The fourth-order valence-corrected chi connectivity index (χ4v) is 3.04. The number of amides is 1. The van der Waals surface area contributed by atoms with Gasteiger partial charge in [-0.05, 0) is 42.5 Å². The van der Waals surface area contributed by atoms with Crippen LogP contribution in [0.15, 0.2) is 42.5 Å². The van der Waals surface area contributed by atoms with Gasteiger partial charge < -0.3 is 20.3 Å². The third-order valence-corrected chi connectivity index (χ3v) is 4.24. The van der Waals surface area contributed by atoms with Crippen molar-refractivity contribution in [2.75, 3.05) is 6.61 Å². The van der Waals surface area contributed by atoms with Crippen molar-refractivity contribution in [2.45, 2.75) is 25.3 Å². The molecule has 0 unspecified atom stereocenters. The van der Waals surface area contributed by atoms with Crippen molar-refractivity contribution in [1.82, 2.24) is 5.32 Å². The van der Waals surface area contributed by atoms with Crippen molar-refractivity contribution < 1.29 is 24.5 Å². The number of benzene rings is 2. The van der Waals surface area contributed by atoms with Crippen LogP contribution in [-0.2, 0) is 16.0 Å². The lowest BCUT2D eigenvalue weighted by atomic mass is 9.88. The van der Waals surface area contributed by atoms with E-state index in [1.165, 1.54) is 17.7 Å². The van der Waals surface area contributed by atoms with Gasteiger partial charge in [-0.15, -0.1) is 0 Å². The molecule has 0 bridgehead atoms. The molecule has 0 saturated heterocycles. The van der Waals surface area contributed by atoms with Crippen LogP contribution in [-0.4, -0.2) is 28.7 Å². The van der Waals surface area contributed by atoms with Crippen LogP contribution in [0.1, 0.15) is 40.4 Å². The van der Waals surface area contributed by atoms with Gasteiger partial charge in [-0.1, -0.05) is 24.3 Å². The first-order valence-corrected chi connectivity index (χ1v) is 8.11. The van der Waals surface area contributed by atoms with Crippen molar-refractivity contribution >= 4 is 11.9 Å². The van der Waals surface area contributed by atoms with E-state index in [0.29, 0.717) is 0 Å². The monoisotopic (exact) mass is 341 g/mol. The highest BCUT2D eigenvalue weighted by atomic mass is 16.5. The predicted molar refractivity (Wildman–Crippen MR) is 90.3 cm³/mol. The Morgan fingerprint density at radius 3 is 2.76 bits per heavy atom. The fourth-order valence-electron chi connectivity index (χ4n) is 3.04. The lowest BCUT2D eigenvalue weighted by molar-refractivity contribution is -0.125. The minimum absolute atomic E-state index is 0.0850. The van der Waals surface area contributed by atoms with Gasteiger partial charge in [0.25, 0.3) is 5.91 Å². The smallest absolute Gasteiger partial charge is 0.342 e. The van der Waals surface area contributed by atoms with Crippen molar-refractivity contribution in [1.29, 1.82) is 0 Å². The molecule has 1 aliphatic rings. The molecule has 6 nitrogen and oxygen atoms in total. The van der Waals surface area contributed by atoms with Gasteiger partial charge in [-0.25, -0.2) is 4.79 Å². The standard InChI is InChI=1S/C19H19NO5/c21-13-8-9-15(17(22)10-13)19(24)25-11-18(23)20-16-7-3-5-12-4-1-2-6-14(12)16/h1-2,4,6,8-10,16,21-22H,3,5,7,11H2,(H,20,23)/t16-/m0/s1. The van der Waals surface area contributed by atoms with Crippen LogP contribution in [0.2, 0.25) is 0 Å². The normalized spacial score (nSPS) is 15.9. The first kappa shape index (κ1) is 16.8. The maximum absolute atomic E-state index is 12.1. The molecule has 1 atom stereocenters. The number of nitrogens with one attached hydrogen (secondary N) is 1. The van der Waals surface area contributed by atoms with E-state index in [1.54, 1.807) is 0 Å². The number of rotatable bonds is 4. The Kier molecular flexibility index (Phi) is 4.88. The van der Waals surface area contributed by atoms with Gasteiger partial charge in [0, 0.05) is 6.07 Å². The molecule has 25 heavy (non-hydrogen) atoms. The molecule has 0 saturated carbocycles. The van der Waals surface area contributed by atoms with Gasteiger partial charge in [0.2, 0.25) is 0 Å². The van der Waals surface area contributed by atoms with Crippen LogP contribution < -0.4 is 5.32 Å². The SMILES string of the molecule is O=C(COC(=O)c1ccc(O)cc1O)N[C@H]1CCCc2ccccc21. The van der Waals surface area contributed by atoms with Crippen molar-refractivity contribution in [3.05, 3.63) is 59.2 Å². The molecule has 1 aliphatic carbocycles. The summed E-state index contributed by atoms with van der Waals surface area (Å²) in [7, 11) is 0. The number of ether oxygens (including phenoxy) is 1. The summed E-state index contributed by atoms with van der Waals surface area (Å²) in [4.78, 5) is 24.0. The number of fused-ring (bicyclic) bond motifs is 1. The predicted octanol–water partition coefficient (Wildman–Crippen LogP) is 2.45. The van der Waals surface area contributed by atoms with Gasteiger partial charge in [0.05, 0.1) is 6.04 Å². The first-order chi connectivity index (χ1) is 12.0. The number of phenols is 2. The summed E-state index contributed by atoms with van der Waals surface area (Å²) in [6.45, 7) is -0.433. The Bertz CT molecular complexity index is 802. The lowest BCUT2D eigenvalue weighted by Crippen LogP contribution is -2.34. The fraction of sp³-hybridized carbons (Fsp3) is 0.263. The van der Waals surface area contributed by atoms with Gasteiger partial charge in [-0.2, -0.15) is 0 Å². The van der Waals surface area contributed by atoms with E-state index >= 15 is 0 Å². The van der Waals surface area contributed by atoms with E-state index in [0.717, 1.165) is 30.9 Å². The van der Waals surface area contributed by atoms with E-state index < -0.39 is 24.2 Å². The summed E-state index contributed by atoms with van der Waals surface area (Å²) in [5.74, 6) is -1.78. The third kappa shape index (κ3) is 3.91. The van der Waals surface area contributed by atoms with Crippen LogP contribution in [0.3, 0.4) is 0 Å². The molecule has 0 aromatic heterocycles. The third-order valence-electron chi connectivity index (χ3n) is 4.24. The number of aromatic hydroxyl groups is 2. The average Bonchev–Trinajstić information content (AvgIpc) is 2.60. The molecule has 3 rings (SSSR count). The number of hydrogen-bond donors (Lipinski definition) is 3. The molecule has 0 radical (unpaired) electrons. The second-order valence-electron chi connectivity index (χ2n) is 5.99. The maximum atomic E-state index is 12.1. The minimum Gasteiger partial charge on any atom is -0.508 e. The Balaban J connectivity index is 1.58. The molecule has 6 heteroatoms. The van der Waals surface area contributed by atoms with Crippen molar-refractivity contribution in [2.24, 2.45) is 0 Å². The average molecular weight is 341 g/mol. The maximum Gasteiger partial charge on any atom is 0.342 e. The molecule has 0 aliphatic heterocycles. The molecule has 2 aromatic rings. The number of aryl methyl sites for hydroxylation is 1. The Labute approximate surface area is 145 Å². The van der Waals surface area contributed by atoms with Crippen LogP contribution in [0.25, 0.3) is 0 Å². The van der Waals surface area contributed by atoms with Crippen LogP contribution >= 0.6 is 0 Å². The summed E-state index contributed by atoms with van der Waals surface area (Å²) < 4.78 is 4.95. The van der Waals surface area contributed by atoms with Crippen molar-refractivity contribution in [3.8, 4) is 11.5 Å². The Morgan fingerprint density at radius 2 is 1.96 bits per heavy atom. The number of carbonyl (C=O) groups excluding carboxylic acids is 2. The van der Waals surface area contributed by atoms with Gasteiger partial charge >= 0.3 is 5.97 Å². The molecule has 3 N–H and O–H groups in total. The number of phenolic OH excluding ortho intramolecular Hbond substituents is 2. The molecular formula is C19H19NO5. The summed E-state index contributed by atoms with van der Waals surface area (Å²) in [5.41, 5.74) is 2.23. The highest BCUT2D eigenvalue weighted by Gasteiger charge is 2.22. The lowest BCUT2D eigenvalue weighted by Gasteiger charge is -2.26. The van der Waals surface area contributed by atoms with Crippen LogP contribution in [0.5, 0.6) is 11.5 Å². The minimum atomic E-state index is -0.823. The first-order valence-electron chi connectivity index (χ1n) is 8.11. The zero-order valence-corrected chi connectivity index (χ0v) is 13.6. The largest absolute Gasteiger partial charge is 0.508 e. The van der Waals surface area contributed by atoms with Crippen LogP contribution in [0, 0.1) is 0 Å². The van der Waals surface area contributed by atoms with E-state index in [4.69, 9.17) is 4.74 Å². The molecule has 0 heterocycles. The molecule has 0 spiro atoms. The molecule has 2 aromatic carbocycles. The quantitative estimate of drug-likeness (QED) is 0.743. The Morgan fingerprint density at radius 1 is 1.16 bits per heavy atom.